The lowest BCUT2D eigenvalue weighted by molar-refractivity contribution is 0.229. The monoisotopic (exact) mass is 332 g/mol. The maximum atomic E-state index is 12.3. The van der Waals surface area contributed by atoms with Crippen molar-refractivity contribution in [3.05, 3.63) is 40.1 Å². The van der Waals surface area contributed by atoms with E-state index in [1.807, 2.05) is 31.2 Å². The minimum Gasteiger partial charge on any atom is -0.306 e. The van der Waals surface area contributed by atoms with Crippen LogP contribution in [0.3, 0.4) is 0 Å². The minimum atomic E-state index is -3.13. The van der Waals surface area contributed by atoms with Crippen molar-refractivity contribution in [2.75, 3.05) is 13.2 Å². The summed E-state index contributed by atoms with van der Waals surface area (Å²) < 4.78 is 23.8. The Labute approximate surface area is 117 Å². The van der Waals surface area contributed by atoms with Crippen molar-refractivity contribution in [1.29, 1.82) is 0 Å². The van der Waals surface area contributed by atoms with Gasteiger partial charge in [-0.05, 0) is 44.0 Å². The lowest BCUT2D eigenvalue weighted by atomic mass is 10.1. The van der Waals surface area contributed by atoms with Gasteiger partial charge >= 0.3 is 7.60 Å². The van der Waals surface area contributed by atoms with Gasteiger partial charge in [-0.3, -0.25) is 4.57 Å². The third kappa shape index (κ3) is 4.69. The van der Waals surface area contributed by atoms with Crippen LogP contribution in [0.2, 0.25) is 0 Å². The fourth-order valence-corrected chi connectivity index (χ4v) is 3.33. The zero-order valence-corrected chi connectivity index (χ0v) is 13.3. The van der Waals surface area contributed by atoms with Gasteiger partial charge in [0.25, 0.3) is 0 Å². The Kier molecular flexibility index (Phi) is 6.30. The minimum absolute atomic E-state index is 0.362. The largest absolute Gasteiger partial charge is 0.354 e. The molecule has 1 aromatic rings. The average Bonchev–Trinajstić information content (AvgIpc) is 2.30. The second-order valence-electron chi connectivity index (χ2n) is 3.69. The van der Waals surface area contributed by atoms with Crippen LogP contribution in [-0.4, -0.2) is 13.2 Å². The summed E-state index contributed by atoms with van der Waals surface area (Å²) in [7, 11) is -3.13. The molecule has 0 saturated carbocycles. The van der Waals surface area contributed by atoms with Gasteiger partial charge in [0.1, 0.15) is 0 Å². The molecule has 0 radical (unpaired) electrons. The first-order valence-electron chi connectivity index (χ1n) is 5.85. The summed E-state index contributed by atoms with van der Waals surface area (Å²) in [5.41, 5.74) is 1.88. The number of halogens is 1. The number of hydrogen-bond donors (Lipinski definition) is 0. The summed E-state index contributed by atoms with van der Waals surface area (Å²) in [6.07, 6.45) is 0. The van der Waals surface area contributed by atoms with Crippen molar-refractivity contribution in [1.82, 2.24) is 0 Å². The summed E-state index contributed by atoms with van der Waals surface area (Å²) in [4.78, 5) is 0. The number of allylic oxidation sites excluding steroid dienone is 1. The van der Waals surface area contributed by atoms with Crippen LogP contribution < -0.4 is 0 Å². The van der Waals surface area contributed by atoms with Gasteiger partial charge in [0, 0.05) is 10.3 Å². The summed E-state index contributed by atoms with van der Waals surface area (Å²) >= 11 is 3.38. The van der Waals surface area contributed by atoms with Crippen LogP contribution in [0.5, 0.6) is 0 Å². The van der Waals surface area contributed by atoms with E-state index in [1.54, 1.807) is 19.7 Å². The van der Waals surface area contributed by atoms with Gasteiger partial charge in [-0.1, -0.05) is 28.1 Å². The van der Waals surface area contributed by atoms with E-state index in [-0.39, 0.29) is 0 Å². The maximum absolute atomic E-state index is 12.3. The van der Waals surface area contributed by atoms with Crippen molar-refractivity contribution in [3.63, 3.8) is 0 Å². The van der Waals surface area contributed by atoms with Gasteiger partial charge in [0.15, 0.2) is 0 Å². The van der Waals surface area contributed by atoms with Crippen molar-refractivity contribution in [2.24, 2.45) is 0 Å². The molecule has 0 aliphatic heterocycles. The van der Waals surface area contributed by atoms with Crippen LogP contribution in [0, 0.1) is 0 Å². The van der Waals surface area contributed by atoms with E-state index < -0.39 is 7.60 Å². The van der Waals surface area contributed by atoms with Crippen LogP contribution >= 0.6 is 23.5 Å². The van der Waals surface area contributed by atoms with Crippen molar-refractivity contribution in [3.8, 4) is 0 Å². The quantitative estimate of drug-likeness (QED) is 0.681. The molecule has 1 aromatic carbocycles. The van der Waals surface area contributed by atoms with Gasteiger partial charge < -0.3 is 9.05 Å². The Morgan fingerprint density at radius 1 is 1.22 bits per heavy atom. The normalized spacial score (nSPS) is 12.8. The second-order valence-corrected chi connectivity index (χ2v) is 6.46. The molecule has 0 saturated heterocycles. The highest BCUT2D eigenvalue weighted by molar-refractivity contribution is 9.10. The molecule has 0 fully saturated rings. The SMILES string of the molecule is CCOP(=O)(/C=C(\C)c1ccc(Br)cc1)OCC. The standard InChI is InChI=1S/C13H18BrO3P/c1-4-16-18(15,17-5-2)10-11(3)12-6-8-13(14)9-7-12/h6-10H,4-5H2,1-3H3/b11-10+. The molecule has 5 heteroatoms. The lowest BCUT2D eigenvalue weighted by Crippen LogP contribution is -1.93. The molecule has 1 rings (SSSR count). The van der Waals surface area contributed by atoms with E-state index in [2.05, 4.69) is 15.9 Å². The molecule has 0 bridgehead atoms. The van der Waals surface area contributed by atoms with Gasteiger partial charge in [-0.15, -0.1) is 0 Å². The molecule has 0 aromatic heterocycles. The first-order valence-corrected chi connectivity index (χ1v) is 8.25. The third-order valence-corrected chi connectivity index (χ3v) is 4.74. The zero-order valence-electron chi connectivity index (χ0n) is 10.9. The van der Waals surface area contributed by atoms with Gasteiger partial charge in [0.2, 0.25) is 0 Å². The smallest absolute Gasteiger partial charge is 0.306 e. The van der Waals surface area contributed by atoms with Crippen LogP contribution in [0.1, 0.15) is 26.3 Å². The van der Waals surface area contributed by atoms with E-state index in [9.17, 15) is 4.57 Å². The molecule has 0 spiro atoms. The zero-order chi connectivity index (χ0) is 13.6. The highest BCUT2D eigenvalue weighted by atomic mass is 79.9. The summed E-state index contributed by atoms with van der Waals surface area (Å²) in [5.74, 6) is 1.59. The molecule has 3 nitrogen and oxygen atoms in total. The van der Waals surface area contributed by atoms with Crippen molar-refractivity contribution >= 4 is 29.1 Å². The Bertz CT molecular complexity index is 444. The Balaban J connectivity index is 2.98. The predicted octanol–water partition coefficient (Wildman–Crippen LogP) is 5.08. The molecular weight excluding hydrogens is 315 g/mol. The first-order chi connectivity index (χ1) is 8.50. The van der Waals surface area contributed by atoms with Crippen LogP contribution in [-0.2, 0) is 13.6 Å². The van der Waals surface area contributed by atoms with Crippen molar-refractivity contribution in [2.45, 2.75) is 20.8 Å². The molecule has 0 amide bonds. The van der Waals surface area contributed by atoms with Crippen LogP contribution in [0.25, 0.3) is 5.57 Å². The van der Waals surface area contributed by atoms with E-state index in [1.165, 1.54) is 0 Å². The third-order valence-electron chi connectivity index (χ3n) is 2.27. The number of rotatable bonds is 6. The summed E-state index contributed by atoms with van der Waals surface area (Å²) in [6.45, 7) is 6.22. The fraction of sp³-hybridized carbons (Fsp3) is 0.385. The molecule has 0 heterocycles. The molecule has 100 valence electrons. The van der Waals surface area contributed by atoms with E-state index in [4.69, 9.17) is 9.05 Å². The van der Waals surface area contributed by atoms with Crippen molar-refractivity contribution < 1.29 is 13.6 Å². The Hall–Kier alpha value is -0.410. The van der Waals surface area contributed by atoms with Gasteiger partial charge in [0.05, 0.1) is 13.2 Å². The second kappa shape index (κ2) is 7.25. The molecule has 0 aliphatic rings. The van der Waals surface area contributed by atoms with Crippen LogP contribution in [0.4, 0.5) is 0 Å². The molecular formula is C13H18BrO3P. The van der Waals surface area contributed by atoms with Gasteiger partial charge in [-0.2, -0.15) is 0 Å². The molecule has 0 N–H and O–H groups in total. The number of benzene rings is 1. The highest BCUT2D eigenvalue weighted by Crippen LogP contribution is 2.51. The molecule has 0 atom stereocenters. The highest BCUT2D eigenvalue weighted by Gasteiger charge is 2.20. The fourth-order valence-electron chi connectivity index (χ4n) is 1.50. The number of hydrogen-bond acceptors (Lipinski definition) is 3. The van der Waals surface area contributed by atoms with E-state index >= 15 is 0 Å². The average molecular weight is 333 g/mol. The Morgan fingerprint density at radius 3 is 2.17 bits per heavy atom. The Morgan fingerprint density at radius 2 is 1.72 bits per heavy atom. The summed E-state index contributed by atoms with van der Waals surface area (Å²) in [6, 6.07) is 7.80. The van der Waals surface area contributed by atoms with E-state index in [0.29, 0.717) is 13.2 Å². The summed E-state index contributed by atoms with van der Waals surface area (Å²) in [5, 5.41) is 0. The van der Waals surface area contributed by atoms with E-state index in [0.717, 1.165) is 15.6 Å². The lowest BCUT2D eigenvalue weighted by Gasteiger charge is -2.14. The van der Waals surface area contributed by atoms with Gasteiger partial charge in [-0.25, -0.2) is 0 Å². The first kappa shape index (κ1) is 15.6. The predicted molar refractivity (Wildman–Crippen MR) is 78.7 cm³/mol. The maximum Gasteiger partial charge on any atom is 0.354 e. The molecule has 18 heavy (non-hydrogen) atoms. The topological polar surface area (TPSA) is 35.5 Å². The molecule has 0 unspecified atom stereocenters. The van der Waals surface area contributed by atoms with Crippen LogP contribution in [0.15, 0.2) is 34.6 Å². The molecule has 0 aliphatic carbocycles.